The van der Waals surface area contributed by atoms with Crippen LogP contribution in [-0.4, -0.2) is 25.7 Å². The fraction of sp³-hybridized carbons (Fsp3) is 0.316. The first-order valence-electron chi connectivity index (χ1n) is 8.37. The van der Waals surface area contributed by atoms with Crippen LogP contribution in [0.2, 0.25) is 0 Å². The van der Waals surface area contributed by atoms with Crippen molar-refractivity contribution in [2.75, 3.05) is 36.2 Å². The highest BCUT2D eigenvalue weighted by atomic mass is 16.5. The van der Waals surface area contributed by atoms with Crippen molar-refractivity contribution in [1.82, 2.24) is 0 Å². The summed E-state index contributed by atoms with van der Waals surface area (Å²) >= 11 is 0. The van der Waals surface area contributed by atoms with Gasteiger partial charge in [-0.25, -0.2) is 0 Å². The molecule has 0 aromatic heterocycles. The number of morpholine rings is 1. The minimum atomic E-state index is -0.218. The molecular weight excluding hydrogens is 318 g/mol. The van der Waals surface area contributed by atoms with Gasteiger partial charge >= 0.3 is 0 Å². The van der Waals surface area contributed by atoms with Crippen LogP contribution < -0.4 is 21.1 Å². The number of ether oxygens (including phenoxy) is 2. The van der Waals surface area contributed by atoms with Crippen LogP contribution in [0.4, 0.5) is 17.1 Å². The van der Waals surface area contributed by atoms with E-state index >= 15 is 0 Å². The summed E-state index contributed by atoms with van der Waals surface area (Å²) in [6.45, 7) is 3.22. The number of hydrogen-bond acceptors (Lipinski definition) is 5. The summed E-state index contributed by atoms with van der Waals surface area (Å²) in [5.74, 6) is 0.712. The minimum absolute atomic E-state index is 0.0540. The second-order valence-electron chi connectivity index (χ2n) is 6.03. The van der Waals surface area contributed by atoms with E-state index in [9.17, 15) is 4.79 Å². The highest BCUT2D eigenvalue weighted by molar-refractivity contribution is 5.96. The first-order valence-corrected chi connectivity index (χ1v) is 8.37. The summed E-state index contributed by atoms with van der Waals surface area (Å²) in [5.41, 5.74) is 14.4. The molecule has 0 bridgehead atoms. The Morgan fingerprint density at radius 1 is 1.16 bits per heavy atom. The maximum atomic E-state index is 12.5. The minimum Gasteiger partial charge on any atom is -0.494 e. The van der Waals surface area contributed by atoms with Crippen molar-refractivity contribution < 1.29 is 14.3 Å². The summed E-state index contributed by atoms with van der Waals surface area (Å²) in [5, 5.41) is 0. The van der Waals surface area contributed by atoms with E-state index in [-0.39, 0.29) is 18.6 Å². The van der Waals surface area contributed by atoms with E-state index < -0.39 is 0 Å². The number of carbonyl (C=O) groups is 1. The van der Waals surface area contributed by atoms with Crippen LogP contribution >= 0.6 is 0 Å². The quantitative estimate of drug-likeness (QED) is 0.816. The molecule has 6 nitrogen and oxygen atoms in total. The number of nitrogen functional groups attached to an aromatic ring is 2. The average molecular weight is 341 g/mol. The van der Waals surface area contributed by atoms with E-state index in [1.54, 1.807) is 23.1 Å². The van der Waals surface area contributed by atoms with Crippen LogP contribution in [0.1, 0.15) is 24.9 Å². The molecule has 1 heterocycles. The number of benzene rings is 2. The van der Waals surface area contributed by atoms with Gasteiger partial charge in [0.15, 0.2) is 0 Å². The third kappa shape index (κ3) is 3.69. The Morgan fingerprint density at radius 2 is 1.92 bits per heavy atom. The van der Waals surface area contributed by atoms with E-state index in [2.05, 4.69) is 6.92 Å². The lowest BCUT2D eigenvalue weighted by atomic mass is 10.0. The summed E-state index contributed by atoms with van der Waals surface area (Å²) in [6.07, 6.45) is 0.957. The first kappa shape index (κ1) is 17.1. The number of rotatable bonds is 5. The second kappa shape index (κ2) is 7.44. The van der Waals surface area contributed by atoms with E-state index in [4.69, 9.17) is 20.9 Å². The van der Waals surface area contributed by atoms with Gasteiger partial charge in [-0.2, -0.15) is 0 Å². The first-order chi connectivity index (χ1) is 12.1. The predicted octanol–water partition coefficient (Wildman–Crippen LogP) is 2.74. The monoisotopic (exact) mass is 341 g/mol. The van der Waals surface area contributed by atoms with Gasteiger partial charge in [-0.3, -0.25) is 4.79 Å². The molecule has 3 rings (SSSR count). The molecule has 132 valence electrons. The summed E-state index contributed by atoms with van der Waals surface area (Å²) in [6, 6.07) is 12.8. The van der Waals surface area contributed by atoms with Gasteiger partial charge < -0.3 is 25.8 Å². The lowest BCUT2D eigenvalue weighted by Crippen LogP contribution is -2.44. The fourth-order valence-corrected chi connectivity index (χ4v) is 2.86. The smallest absolute Gasteiger partial charge is 0.253 e. The molecule has 1 atom stereocenters. The lowest BCUT2D eigenvalue weighted by Gasteiger charge is -2.36. The maximum Gasteiger partial charge on any atom is 0.253 e. The normalized spacial score (nSPS) is 17.6. The van der Waals surface area contributed by atoms with Crippen LogP contribution in [0.25, 0.3) is 0 Å². The summed E-state index contributed by atoms with van der Waals surface area (Å²) in [7, 11) is 0. The Bertz CT molecular complexity index is 746. The summed E-state index contributed by atoms with van der Waals surface area (Å²) < 4.78 is 11.1. The SMILES string of the molecule is CCCOc1ccc([C@H]2COCC(=O)N2c2ccc(N)c(N)c2)cc1. The molecular formula is C19H23N3O3. The lowest BCUT2D eigenvalue weighted by molar-refractivity contribution is -0.127. The Kier molecular flexibility index (Phi) is 5.09. The van der Waals surface area contributed by atoms with Gasteiger partial charge in [-0.15, -0.1) is 0 Å². The van der Waals surface area contributed by atoms with Gasteiger partial charge in [0, 0.05) is 5.69 Å². The van der Waals surface area contributed by atoms with Crippen LogP contribution in [0.15, 0.2) is 42.5 Å². The standard InChI is InChI=1S/C19H23N3O3/c1-2-9-25-15-6-3-13(4-7-15)18-11-24-12-19(23)22(18)14-5-8-16(20)17(21)10-14/h3-8,10,18H,2,9,11-12,20-21H2,1H3/t18-/m1/s1. The highest BCUT2D eigenvalue weighted by Gasteiger charge is 2.31. The Balaban J connectivity index is 1.89. The number of nitrogens with zero attached hydrogens (tertiary/aromatic N) is 1. The third-order valence-corrected chi connectivity index (χ3v) is 4.17. The molecule has 1 saturated heterocycles. The van der Waals surface area contributed by atoms with Gasteiger partial charge in [-0.1, -0.05) is 19.1 Å². The van der Waals surface area contributed by atoms with Gasteiger partial charge in [0.2, 0.25) is 0 Å². The zero-order valence-corrected chi connectivity index (χ0v) is 14.3. The van der Waals surface area contributed by atoms with Gasteiger partial charge in [0.1, 0.15) is 12.4 Å². The second-order valence-corrected chi connectivity index (χ2v) is 6.03. The van der Waals surface area contributed by atoms with Crippen molar-refractivity contribution in [3.8, 4) is 5.75 Å². The van der Waals surface area contributed by atoms with Crippen LogP contribution in [0.5, 0.6) is 5.75 Å². The van der Waals surface area contributed by atoms with E-state index in [0.717, 1.165) is 23.4 Å². The Labute approximate surface area is 147 Å². The largest absolute Gasteiger partial charge is 0.494 e. The molecule has 0 saturated carbocycles. The fourth-order valence-electron chi connectivity index (χ4n) is 2.86. The van der Waals surface area contributed by atoms with Crippen LogP contribution in [0.3, 0.4) is 0 Å². The van der Waals surface area contributed by atoms with E-state index in [0.29, 0.717) is 24.6 Å². The molecule has 2 aromatic carbocycles. The van der Waals surface area contributed by atoms with Gasteiger partial charge in [-0.05, 0) is 42.3 Å². The molecule has 25 heavy (non-hydrogen) atoms. The van der Waals surface area contributed by atoms with Crippen molar-refractivity contribution in [3.05, 3.63) is 48.0 Å². The zero-order chi connectivity index (χ0) is 17.8. The Morgan fingerprint density at radius 3 is 2.60 bits per heavy atom. The zero-order valence-electron chi connectivity index (χ0n) is 14.3. The summed E-state index contributed by atoms with van der Waals surface area (Å²) in [4.78, 5) is 14.2. The van der Waals surface area contributed by atoms with E-state index in [1.165, 1.54) is 0 Å². The molecule has 0 radical (unpaired) electrons. The number of nitrogens with two attached hydrogens (primary N) is 2. The average Bonchev–Trinajstić information content (AvgIpc) is 2.63. The van der Waals surface area contributed by atoms with Crippen LogP contribution in [0, 0.1) is 0 Å². The topological polar surface area (TPSA) is 90.8 Å². The molecule has 0 spiro atoms. The van der Waals surface area contributed by atoms with Gasteiger partial charge in [0.25, 0.3) is 5.91 Å². The Hall–Kier alpha value is -2.73. The number of amides is 1. The number of carbonyl (C=O) groups excluding carboxylic acids is 1. The predicted molar refractivity (Wildman–Crippen MR) is 98.5 cm³/mol. The molecule has 0 aliphatic carbocycles. The number of anilines is 3. The number of hydrogen-bond donors (Lipinski definition) is 2. The van der Waals surface area contributed by atoms with Crippen molar-refractivity contribution >= 4 is 23.0 Å². The van der Waals surface area contributed by atoms with Crippen molar-refractivity contribution in [2.24, 2.45) is 0 Å². The van der Waals surface area contributed by atoms with Crippen LogP contribution in [-0.2, 0) is 9.53 Å². The molecule has 1 aliphatic heterocycles. The molecule has 4 N–H and O–H groups in total. The maximum absolute atomic E-state index is 12.5. The van der Waals surface area contributed by atoms with E-state index in [1.807, 2.05) is 24.3 Å². The molecule has 1 aliphatic rings. The molecule has 2 aromatic rings. The van der Waals surface area contributed by atoms with Crippen molar-refractivity contribution in [1.29, 1.82) is 0 Å². The molecule has 6 heteroatoms. The molecule has 1 fully saturated rings. The van der Waals surface area contributed by atoms with Crippen molar-refractivity contribution in [3.63, 3.8) is 0 Å². The highest BCUT2D eigenvalue weighted by Crippen LogP contribution is 2.33. The third-order valence-electron chi connectivity index (χ3n) is 4.17. The molecule has 0 unspecified atom stereocenters. The van der Waals surface area contributed by atoms with Crippen molar-refractivity contribution in [2.45, 2.75) is 19.4 Å². The van der Waals surface area contributed by atoms with Gasteiger partial charge in [0.05, 0.1) is 30.6 Å². The molecule has 1 amide bonds.